The first-order valence-corrected chi connectivity index (χ1v) is 9.06. The van der Waals surface area contributed by atoms with E-state index in [4.69, 9.17) is 4.74 Å². The van der Waals surface area contributed by atoms with Crippen LogP contribution in [0.2, 0.25) is 0 Å². The first-order valence-electron chi connectivity index (χ1n) is 9.06. The van der Waals surface area contributed by atoms with E-state index in [1.54, 1.807) is 24.3 Å². The van der Waals surface area contributed by atoms with Gasteiger partial charge in [-0.2, -0.15) is 15.3 Å². The maximum atomic E-state index is 10.7. The maximum absolute atomic E-state index is 10.7. The number of hydrogen-bond acceptors (Lipinski definition) is 8. The van der Waals surface area contributed by atoms with Gasteiger partial charge in [-0.05, 0) is 61.5 Å². The van der Waals surface area contributed by atoms with Crippen LogP contribution in [0, 0.1) is 10.1 Å². The highest BCUT2D eigenvalue weighted by Crippen LogP contribution is 2.25. The van der Waals surface area contributed by atoms with Crippen LogP contribution < -0.4 is 10.2 Å². The van der Waals surface area contributed by atoms with E-state index in [1.807, 2.05) is 19.1 Å². The van der Waals surface area contributed by atoms with E-state index in [1.165, 1.54) is 36.5 Å². The van der Waals surface area contributed by atoms with Crippen LogP contribution in [-0.2, 0) is 0 Å². The number of phenols is 1. The second-order valence-electron chi connectivity index (χ2n) is 6.04. The fourth-order valence-corrected chi connectivity index (χ4v) is 2.43. The molecule has 9 nitrogen and oxygen atoms in total. The van der Waals surface area contributed by atoms with Gasteiger partial charge in [-0.15, -0.1) is 0 Å². The number of nitrogens with one attached hydrogen (secondary N) is 1. The number of ether oxygens (including phenoxy) is 1. The Morgan fingerprint density at radius 2 is 1.70 bits per heavy atom. The van der Waals surface area contributed by atoms with Gasteiger partial charge in [0.05, 0.1) is 34.8 Å². The molecule has 0 saturated carbocycles. The summed E-state index contributed by atoms with van der Waals surface area (Å²) >= 11 is 0. The summed E-state index contributed by atoms with van der Waals surface area (Å²) < 4.78 is 5.39. The number of benzene rings is 3. The lowest BCUT2D eigenvalue weighted by atomic mass is 10.2. The van der Waals surface area contributed by atoms with Crippen LogP contribution in [0.15, 0.2) is 82.1 Å². The van der Waals surface area contributed by atoms with E-state index in [0.29, 0.717) is 29.2 Å². The average molecular weight is 405 g/mol. The number of azo groups is 1. The van der Waals surface area contributed by atoms with Crippen molar-refractivity contribution in [3.05, 3.63) is 82.4 Å². The topological polar surface area (TPSA) is 122 Å². The smallest absolute Gasteiger partial charge is 0.269 e. The van der Waals surface area contributed by atoms with Gasteiger partial charge in [-0.1, -0.05) is 0 Å². The van der Waals surface area contributed by atoms with Crippen LogP contribution >= 0.6 is 0 Å². The van der Waals surface area contributed by atoms with Gasteiger partial charge in [-0.25, -0.2) is 0 Å². The van der Waals surface area contributed by atoms with Crippen molar-refractivity contribution in [2.75, 3.05) is 12.0 Å². The largest absolute Gasteiger partial charge is 0.507 e. The Hall–Kier alpha value is -4.27. The van der Waals surface area contributed by atoms with E-state index in [2.05, 4.69) is 20.8 Å². The van der Waals surface area contributed by atoms with Crippen LogP contribution in [-0.4, -0.2) is 22.9 Å². The highest BCUT2D eigenvalue weighted by atomic mass is 16.6. The predicted molar refractivity (Wildman–Crippen MR) is 114 cm³/mol. The molecule has 0 amide bonds. The molecule has 0 heterocycles. The fourth-order valence-electron chi connectivity index (χ4n) is 2.43. The first kappa shape index (κ1) is 20.5. The monoisotopic (exact) mass is 405 g/mol. The third-order valence-electron chi connectivity index (χ3n) is 3.92. The third-order valence-corrected chi connectivity index (χ3v) is 3.92. The summed E-state index contributed by atoms with van der Waals surface area (Å²) in [5.41, 5.74) is 4.96. The minimum atomic E-state index is -0.474. The van der Waals surface area contributed by atoms with E-state index in [-0.39, 0.29) is 11.4 Å². The van der Waals surface area contributed by atoms with Gasteiger partial charge in [0.15, 0.2) is 0 Å². The molecular formula is C21H19N5O4. The van der Waals surface area contributed by atoms with Crippen molar-refractivity contribution in [3.8, 4) is 11.5 Å². The highest BCUT2D eigenvalue weighted by Gasteiger charge is 2.04. The van der Waals surface area contributed by atoms with E-state index < -0.39 is 4.92 Å². The molecule has 0 spiro atoms. The molecule has 0 aliphatic carbocycles. The number of nitro groups is 1. The Kier molecular flexibility index (Phi) is 6.67. The van der Waals surface area contributed by atoms with Gasteiger partial charge >= 0.3 is 0 Å². The summed E-state index contributed by atoms with van der Waals surface area (Å²) in [6.45, 7) is 2.51. The zero-order chi connectivity index (χ0) is 21.3. The van der Waals surface area contributed by atoms with E-state index >= 15 is 0 Å². The van der Waals surface area contributed by atoms with Crippen molar-refractivity contribution in [3.63, 3.8) is 0 Å². The molecule has 0 aliphatic heterocycles. The zero-order valence-electron chi connectivity index (χ0n) is 16.1. The highest BCUT2D eigenvalue weighted by molar-refractivity contribution is 5.85. The van der Waals surface area contributed by atoms with Crippen molar-refractivity contribution < 1.29 is 14.8 Å². The number of hydrogen-bond donors (Lipinski definition) is 2. The lowest BCUT2D eigenvalue weighted by Gasteiger charge is -2.02. The summed E-state index contributed by atoms with van der Waals surface area (Å²) in [5, 5.41) is 33.1. The van der Waals surface area contributed by atoms with Crippen molar-refractivity contribution in [1.29, 1.82) is 0 Å². The molecule has 3 rings (SSSR count). The summed E-state index contributed by atoms with van der Waals surface area (Å²) in [6, 6.07) is 17.8. The molecule has 0 unspecified atom stereocenters. The molecule has 2 N–H and O–H groups in total. The molecule has 0 radical (unpaired) electrons. The van der Waals surface area contributed by atoms with Crippen LogP contribution in [0.3, 0.4) is 0 Å². The molecule has 9 heteroatoms. The summed E-state index contributed by atoms with van der Waals surface area (Å²) in [4.78, 5) is 10.2. The molecule has 152 valence electrons. The first-order chi connectivity index (χ1) is 14.5. The Bertz CT molecular complexity index is 1060. The Morgan fingerprint density at radius 3 is 2.37 bits per heavy atom. The Labute approximate surface area is 172 Å². The normalized spacial score (nSPS) is 11.1. The van der Waals surface area contributed by atoms with Gasteiger partial charge in [0.25, 0.3) is 5.69 Å². The van der Waals surface area contributed by atoms with Gasteiger partial charge in [-0.3, -0.25) is 15.5 Å². The molecule has 3 aromatic carbocycles. The number of phenolic OH excluding ortho intramolecular Hbond substituents is 1. The van der Waals surface area contributed by atoms with Crippen molar-refractivity contribution >= 4 is 29.0 Å². The number of anilines is 1. The van der Waals surface area contributed by atoms with Gasteiger partial charge < -0.3 is 9.84 Å². The minimum Gasteiger partial charge on any atom is -0.507 e. The SMILES string of the molecule is CCOc1ccc(N=Nc2ccc(O)c(/C=N/Nc3ccc([N+](=O)[O-])cc3)c2)cc1. The number of nitrogens with zero attached hydrogens (tertiary/aromatic N) is 4. The minimum absolute atomic E-state index is 0.00670. The van der Waals surface area contributed by atoms with Crippen LogP contribution in [0.4, 0.5) is 22.7 Å². The lowest BCUT2D eigenvalue weighted by Crippen LogP contribution is -1.92. The molecule has 0 bridgehead atoms. The van der Waals surface area contributed by atoms with Gasteiger partial charge in [0.1, 0.15) is 11.5 Å². The quantitative estimate of drug-likeness (QED) is 0.220. The van der Waals surface area contributed by atoms with Crippen LogP contribution in [0.25, 0.3) is 0 Å². The van der Waals surface area contributed by atoms with Crippen molar-refractivity contribution in [2.24, 2.45) is 15.3 Å². The predicted octanol–water partition coefficient (Wildman–Crippen LogP) is 5.56. The average Bonchev–Trinajstić information content (AvgIpc) is 2.75. The van der Waals surface area contributed by atoms with Crippen LogP contribution in [0.1, 0.15) is 12.5 Å². The van der Waals surface area contributed by atoms with Gasteiger partial charge in [0, 0.05) is 17.7 Å². The van der Waals surface area contributed by atoms with E-state index in [0.717, 1.165) is 5.75 Å². The Balaban J connectivity index is 1.66. The molecule has 0 atom stereocenters. The molecule has 30 heavy (non-hydrogen) atoms. The second-order valence-corrected chi connectivity index (χ2v) is 6.04. The molecule has 3 aromatic rings. The molecule has 0 aliphatic rings. The maximum Gasteiger partial charge on any atom is 0.269 e. The summed E-state index contributed by atoms with van der Waals surface area (Å²) in [5.74, 6) is 0.796. The zero-order valence-corrected chi connectivity index (χ0v) is 16.1. The van der Waals surface area contributed by atoms with Gasteiger partial charge in [0.2, 0.25) is 0 Å². The lowest BCUT2D eigenvalue weighted by molar-refractivity contribution is -0.384. The third kappa shape index (κ3) is 5.61. The Morgan fingerprint density at radius 1 is 1.03 bits per heavy atom. The second kappa shape index (κ2) is 9.78. The van der Waals surface area contributed by atoms with Crippen molar-refractivity contribution in [2.45, 2.75) is 6.92 Å². The van der Waals surface area contributed by atoms with Crippen LogP contribution in [0.5, 0.6) is 11.5 Å². The summed E-state index contributed by atoms with van der Waals surface area (Å²) in [7, 11) is 0. The molecule has 0 aromatic heterocycles. The van der Waals surface area contributed by atoms with Crippen molar-refractivity contribution in [1.82, 2.24) is 0 Å². The molecule has 0 saturated heterocycles. The number of non-ortho nitro benzene ring substituents is 1. The molecular weight excluding hydrogens is 386 g/mol. The standard InChI is InChI=1S/C21H19N5O4/c1-2-30-20-10-5-17(6-11-20)24-25-18-7-12-21(27)15(13-18)14-22-23-16-3-8-19(9-4-16)26(28)29/h3-14,23,27H,2H2,1H3/b22-14+,25-24?. The summed E-state index contributed by atoms with van der Waals surface area (Å²) in [6.07, 6.45) is 1.42. The number of nitro benzene ring substituents is 1. The van der Waals surface area contributed by atoms with E-state index in [9.17, 15) is 15.2 Å². The fraction of sp³-hybridized carbons (Fsp3) is 0.0952. The number of rotatable bonds is 8. The number of aromatic hydroxyl groups is 1. The molecule has 0 fully saturated rings. The number of hydrazone groups is 1.